The van der Waals surface area contributed by atoms with Crippen molar-refractivity contribution in [1.29, 1.82) is 0 Å². The minimum atomic E-state index is -0.350. The van der Waals surface area contributed by atoms with E-state index >= 15 is 0 Å². The molecule has 17 heavy (non-hydrogen) atoms. The second-order valence-electron chi connectivity index (χ2n) is 3.78. The summed E-state index contributed by atoms with van der Waals surface area (Å²) in [6.07, 6.45) is 3.55. The van der Waals surface area contributed by atoms with Gasteiger partial charge in [-0.25, -0.2) is 0 Å². The molecule has 1 N–H and O–H groups in total. The number of hydrogen-bond donors (Lipinski definition) is 1. The second-order valence-corrected chi connectivity index (χ2v) is 4.95. The number of rotatable bonds is 7. The lowest BCUT2D eigenvalue weighted by Gasteiger charge is -2.05. The lowest BCUT2D eigenvalue weighted by Crippen LogP contribution is -1.93. The highest BCUT2D eigenvalue weighted by molar-refractivity contribution is 7.99. The van der Waals surface area contributed by atoms with Crippen molar-refractivity contribution in [1.82, 2.24) is 0 Å². The summed E-state index contributed by atoms with van der Waals surface area (Å²) in [4.78, 5) is 11.4. The van der Waals surface area contributed by atoms with Crippen LogP contribution in [0.25, 0.3) is 0 Å². The van der Waals surface area contributed by atoms with Crippen molar-refractivity contribution in [2.45, 2.75) is 31.1 Å². The van der Waals surface area contributed by atoms with Gasteiger partial charge < -0.3 is 5.32 Å². The Balaban J connectivity index is 2.70. The number of non-ortho nitro benzene ring substituents is 1. The summed E-state index contributed by atoms with van der Waals surface area (Å²) in [5.74, 6) is 1.01. The van der Waals surface area contributed by atoms with E-state index in [1.807, 2.05) is 6.07 Å². The van der Waals surface area contributed by atoms with Crippen molar-refractivity contribution in [3.05, 3.63) is 28.3 Å². The minimum Gasteiger partial charge on any atom is -0.388 e. The van der Waals surface area contributed by atoms with Gasteiger partial charge in [0.05, 0.1) is 4.92 Å². The van der Waals surface area contributed by atoms with Crippen LogP contribution in [0.4, 0.5) is 11.4 Å². The first-order valence-electron chi connectivity index (χ1n) is 5.77. The van der Waals surface area contributed by atoms with Gasteiger partial charge in [-0.1, -0.05) is 19.8 Å². The summed E-state index contributed by atoms with van der Waals surface area (Å²) in [6.45, 7) is 2.16. The van der Waals surface area contributed by atoms with Crippen LogP contribution in [0.15, 0.2) is 23.1 Å². The number of nitro groups is 1. The first-order chi connectivity index (χ1) is 8.17. The zero-order valence-corrected chi connectivity index (χ0v) is 11.0. The first-order valence-corrected chi connectivity index (χ1v) is 6.76. The summed E-state index contributed by atoms with van der Waals surface area (Å²) in [5, 5.41) is 13.7. The van der Waals surface area contributed by atoms with Crippen LogP contribution < -0.4 is 5.32 Å². The highest BCUT2D eigenvalue weighted by Gasteiger charge is 2.09. The van der Waals surface area contributed by atoms with E-state index in [0.717, 1.165) is 22.8 Å². The lowest BCUT2D eigenvalue weighted by molar-refractivity contribution is -0.385. The highest BCUT2D eigenvalue weighted by Crippen LogP contribution is 2.28. The van der Waals surface area contributed by atoms with E-state index in [-0.39, 0.29) is 10.6 Å². The molecule has 0 radical (unpaired) electrons. The first kappa shape index (κ1) is 13.8. The number of benzene rings is 1. The minimum absolute atomic E-state index is 0.148. The molecule has 0 aromatic heterocycles. The van der Waals surface area contributed by atoms with Crippen LogP contribution in [-0.2, 0) is 0 Å². The Bertz CT molecular complexity index is 383. The van der Waals surface area contributed by atoms with E-state index in [1.165, 1.54) is 12.8 Å². The normalized spacial score (nSPS) is 10.2. The van der Waals surface area contributed by atoms with Crippen LogP contribution in [0.3, 0.4) is 0 Å². The maximum atomic E-state index is 10.8. The standard InChI is InChI=1S/C12H18N2O2S/c1-3-4-5-6-17-12-8-10(13-2)7-11(9-12)14(15)16/h7-9,13H,3-6H2,1-2H3. The molecule has 0 bridgehead atoms. The van der Waals surface area contributed by atoms with Crippen LogP contribution in [-0.4, -0.2) is 17.7 Å². The molecule has 0 saturated heterocycles. The fourth-order valence-electron chi connectivity index (χ4n) is 1.46. The molecule has 0 aliphatic carbocycles. The molecule has 0 heterocycles. The molecular weight excluding hydrogens is 236 g/mol. The van der Waals surface area contributed by atoms with E-state index < -0.39 is 0 Å². The van der Waals surface area contributed by atoms with Crippen molar-refractivity contribution < 1.29 is 4.92 Å². The Morgan fingerprint density at radius 3 is 2.71 bits per heavy atom. The molecule has 0 spiro atoms. The summed E-state index contributed by atoms with van der Waals surface area (Å²) in [7, 11) is 1.77. The number of nitrogens with zero attached hydrogens (tertiary/aromatic N) is 1. The molecule has 1 rings (SSSR count). The third kappa shape index (κ3) is 4.65. The zero-order valence-electron chi connectivity index (χ0n) is 10.2. The largest absolute Gasteiger partial charge is 0.388 e. The summed E-state index contributed by atoms with van der Waals surface area (Å²) in [6, 6.07) is 5.14. The van der Waals surface area contributed by atoms with Gasteiger partial charge in [-0.2, -0.15) is 0 Å². The molecule has 94 valence electrons. The number of hydrogen-bond acceptors (Lipinski definition) is 4. The number of thioether (sulfide) groups is 1. The third-order valence-electron chi connectivity index (χ3n) is 2.41. The molecule has 4 nitrogen and oxygen atoms in total. The molecule has 1 aromatic carbocycles. The quantitative estimate of drug-likeness (QED) is 0.347. The summed E-state index contributed by atoms with van der Waals surface area (Å²) < 4.78 is 0. The number of nitrogens with one attached hydrogen (secondary N) is 1. The molecule has 5 heteroatoms. The van der Waals surface area contributed by atoms with E-state index in [4.69, 9.17) is 0 Å². The van der Waals surface area contributed by atoms with Gasteiger partial charge in [0.2, 0.25) is 0 Å². The molecule has 1 aromatic rings. The van der Waals surface area contributed by atoms with Gasteiger partial charge in [-0.3, -0.25) is 10.1 Å². The predicted molar refractivity (Wildman–Crippen MR) is 72.9 cm³/mol. The van der Waals surface area contributed by atoms with Crippen molar-refractivity contribution in [3.8, 4) is 0 Å². The molecular formula is C12H18N2O2S. The predicted octanol–water partition coefficient (Wildman–Crippen LogP) is 3.92. The average Bonchev–Trinajstić information content (AvgIpc) is 2.34. The molecule has 0 aliphatic heterocycles. The van der Waals surface area contributed by atoms with Gasteiger partial charge in [0.15, 0.2) is 0 Å². The Morgan fingerprint density at radius 2 is 2.12 bits per heavy atom. The number of nitro benzene ring substituents is 1. The molecule has 0 fully saturated rings. The van der Waals surface area contributed by atoms with Gasteiger partial charge >= 0.3 is 0 Å². The van der Waals surface area contributed by atoms with Crippen LogP contribution in [0.1, 0.15) is 26.2 Å². The SMILES string of the molecule is CCCCCSc1cc(NC)cc([N+](=O)[O-])c1. The van der Waals surface area contributed by atoms with Gasteiger partial charge in [0.1, 0.15) is 0 Å². The molecule has 0 amide bonds. The van der Waals surface area contributed by atoms with Crippen LogP contribution in [0.2, 0.25) is 0 Å². The molecule has 0 unspecified atom stereocenters. The van der Waals surface area contributed by atoms with Crippen molar-refractivity contribution in [3.63, 3.8) is 0 Å². The Hall–Kier alpha value is -1.23. The Morgan fingerprint density at radius 1 is 1.35 bits per heavy atom. The lowest BCUT2D eigenvalue weighted by atomic mass is 10.3. The van der Waals surface area contributed by atoms with E-state index in [9.17, 15) is 10.1 Å². The number of anilines is 1. The zero-order chi connectivity index (χ0) is 12.7. The monoisotopic (exact) mass is 254 g/mol. The second kappa shape index (κ2) is 7.17. The Labute approximate surface area is 106 Å². The summed E-state index contributed by atoms with van der Waals surface area (Å²) in [5.41, 5.74) is 0.937. The average molecular weight is 254 g/mol. The van der Waals surface area contributed by atoms with Gasteiger partial charge in [0, 0.05) is 29.8 Å². The van der Waals surface area contributed by atoms with Crippen molar-refractivity contribution >= 4 is 23.1 Å². The van der Waals surface area contributed by atoms with Gasteiger partial charge in [-0.15, -0.1) is 11.8 Å². The van der Waals surface area contributed by atoms with Crippen LogP contribution in [0.5, 0.6) is 0 Å². The van der Waals surface area contributed by atoms with Crippen LogP contribution in [0, 0.1) is 10.1 Å². The van der Waals surface area contributed by atoms with Gasteiger partial charge in [0.25, 0.3) is 5.69 Å². The van der Waals surface area contributed by atoms with Crippen molar-refractivity contribution in [2.75, 3.05) is 18.1 Å². The van der Waals surface area contributed by atoms with Crippen LogP contribution >= 0.6 is 11.8 Å². The van der Waals surface area contributed by atoms with E-state index in [0.29, 0.717) is 0 Å². The smallest absolute Gasteiger partial charge is 0.272 e. The maximum absolute atomic E-state index is 10.8. The fraction of sp³-hybridized carbons (Fsp3) is 0.500. The topological polar surface area (TPSA) is 55.2 Å². The highest BCUT2D eigenvalue weighted by atomic mass is 32.2. The Kier molecular flexibility index (Phi) is 5.83. The maximum Gasteiger partial charge on any atom is 0.272 e. The van der Waals surface area contributed by atoms with E-state index in [1.54, 1.807) is 30.9 Å². The van der Waals surface area contributed by atoms with Gasteiger partial charge in [-0.05, 0) is 18.2 Å². The van der Waals surface area contributed by atoms with Crippen molar-refractivity contribution in [2.24, 2.45) is 0 Å². The summed E-state index contributed by atoms with van der Waals surface area (Å²) >= 11 is 1.68. The molecule has 0 saturated carbocycles. The van der Waals surface area contributed by atoms with E-state index in [2.05, 4.69) is 12.2 Å². The molecule has 0 aliphatic rings. The number of unbranched alkanes of at least 4 members (excludes halogenated alkanes) is 2. The third-order valence-corrected chi connectivity index (χ3v) is 3.47. The molecule has 0 atom stereocenters. The fourth-order valence-corrected chi connectivity index (χ4v) is 2.46.